The first-order valence-electron chi connectivity index (χ1n) is 10.3. The number of carbonyl (C=O) groups is 2. The maximum atomic E-state index is 12.3. The third-order valence-corrected chi connectivity index (χ3v) is 6.14. The maximum absolute atomic E-state index is 12.3. The number of nitrogens with one attached hydrogen (secondary N) is 2. The highest BCUT2D eigenvalue weighted by molar-refractivity contribution is 6.30. The van der Waals surface area contributed by atoms with Gasteiger partial charge < -0.3 is 20.1 Å². The molecule has 2 N–H and O–H groups in total. The molecule has 2 aromatic rings. The number of anilines is 2. The van der Waals surface area contributed by atoms with E-state index in [0.29, 0.717) is 41.3 Å². The van der Waals surface area contributed by atoms with Crippen LogP contribution in [0.2, 0.25) is 5.15 Å². The number of nitrogens with zero attached hydrogens (tertiary/aromatic N) is 3. The number of pyridine rings is 2. The molecule has 9 nitrogen and oxygen atoms in total. The summed E-state index contributed by atoms with van der Waals surface area (Å²) in [5, 5.41) is 6.79. The second kappa shape index (κ2) is 9.48. The lowest BCUT2D eigenvalue weighted by atomic mass is 10.1. The predicted molar refractivity (Wildman–Crippen MR) is 121 cm³/mol. The van der Waals surface area contributed by atoms with Crippen molar-refractivity contribution >= 4 is 47.4 Å². The number of fused-ring (bicyclic) bond motifs is 2. The van der Waals surface area contributed by atoms with Crippen LogP contribution in [0.4, 0.5) is 16.2 Å². The van der Waals surface area contributed by atoms with Crippen molar-refractivity contribution in [1.82, 2.24) is 15.3 Å². The fourth-order valence-corrected chi connectivity index (χ4v) is 4.55. The van der Waals surface area contributed by atoms with Crippen molar-refractivity contribution in [2.24, 2.45) is 5.92 Å². The molecule has 0 aromatic carbocycles. The van der Waals surface area contributed by atoms with E-state index in [4.69, 9.17) is 21.1 Å². The van der Waals surface area contributed by atoms with E-state index in [1.165, 1.54) is 10.5 Å². The van der Waals surface area contributed by atoms with Crippen molar-refractivity contribution in [3.63, 3.8) is 0 Å². The number of halogens is 2. The first kappa shape index (κ1) is 22.6. The van der Waals surface area contributed by atoms with Crippen molar-refractivity contribution in [2.75, 3.05) is 36.5 Å². The molecule has 2 atom stereocenters. The molecule has 1 fully saturated rings. The molecule has 170 valence electrons. The van der Waals surface area contributed by atoms with Crippen LogP contribution in [0, 0.1) is 5.92 Å². The molecule has 3 aliphatic rings. The highest BCUT2D eigenvalue weighted by Gasteiger charge is 2.33. The summed E-state index contributed by atoms with van der Waals surface area (Å²) < 4.78 is 10.8. The van der Waals surface area contributed by atoms with Gasteiger partial charge in [0.2, 0.25) is 5.88 Å². The van der Waals surface area contributed by atoms with Gasteiger partial charge in [0.15, 0.2) is 6.61 Å². The number of carbonyl (C=O) groups excluding carboxylic acids is 2. The summed E-state index contributed by atoms with van der Waals surface area (Å²) in [6, 6.07) is 3.72. The Hall–Kier alpha value is -2.62. The summed E-state index contributed by atoms with van der Waals surface area (Å²) in [6.45, 7) is 2.00. The number of amides is 2. The van der Waals surface area contributed by atoms with Gasteiger partial charge in [-0.15, -0.1) is 12.4 Å². The molecule has 2 amide bonds. The normalized spacial score (nSPS) is 21.2. The Kier molecular flexibility index (Phi) is 6.68. The van der Waals surface area contributed by atoms with Gasteiger partial charge >= 0.3 is 6.09 Å². The van der Waals surface area contributed by atoms with E-state index in [1.807, 2.05) is 6.07 Å². The molecule has 0 saturated carbocycles. The SMILES string of the molecule is Cl.O=C1COc2ncc(N3CC(CCNCC4Cc5ccnc(Cl)c5C4)OC3=O)cc2N1. The Morgan fingerprint density at radius 1 is 1.28 bits per heavy atom. The van der Waals surface area contributed by atoms with E-state index in [9.17, 15) is 9.59 Å². The third kappa shape index (κ3) is 4.60. The molecule has 0 radical (unpaired) electrons. The Labute approximate surface area is 196 Å². The summed E-state index contributed by atoms with van der Waals surface area (Å²) in [7, 11) is 0. The Morgan fingerprint density at radius 2 is 2.16 bits per heavy atom. The van der Waals surface area contributed by atoms with Crippen LogP contribution in [-0.2, 0) is 22.4 Å². The highest BCUT2D eigenvalue weighted by atomic mass is 35.5. The topological polar surface area (TPSA) is 106 Å². The summed E-state index contributed by atoms with van der Waals surface area (Å²) >= 11 is 6.19. The summed E-state index contributed by atoms with van der Waals surface area (Å²) in [5.41, 5.74) is 3.47. The minimum atomic E-state index is -0.414. The second-order valence-corrected chi connectivity index (χ2v) is 8.36. The lowest BCUT2D eigenvalue weighted by Crippen LogP contribution is -2.29. The molecule has 2 unspecified atom stereocenters. The van der Waals surface area contributed by atoms with Crippen LogP contribution in [0.3, 0.4) is 0 Å². The van der Waals surface area contributed by atoms with E-state index in [1.54, 1.807) is 18.5 Å². The van der Waals surface area contributed by atoms with Crippen molar-refractivity contribution in [3.05, 3.63) is 40.8 Å². The number of rotatable bonds is 6. The van der Waals surface area contributed by atoms with Crippen LogP contribution in [0.1, 0.15) is 17.5 Å². The van der Waals surface area contributed by atoms with Crippen LogP contribution < -0.4 is 20.3 Å². The van der Waals surface area contributed by atoms with Gasteiger partial charge in [-0.25, -0.2) is 14.8 Å². The average molecular weight is 480 g/mol. The first-order chi connectivity index (χ1) is 15.1. The number of hydrogen-bond donors (Lipinski definition) is 2. The molecule has 1 aliphatic carbocycles. The van der Waals surface area contributed by atoms with E-state index in [0.717, 1.165) is 31.5 Å². The lowest BCUT2D eigenvalue weighted by Gasteiger charge is -2.19. The molecule has 2 aliphatic heterocycles. The van der Waals surface area contributed by atoms with E-state index in [2.05, 4.69) is 20.6 Å². The van der Waals surface area contributed by atoms with Gasteiger partial charge in [0.25, 0.3) is 5.91 Å². The van der Waals surface area contributed by atoms with Crippen LogP contribution in [-0.4, -0.2) is 54.3 Å². The van der Waals surface area contributed by atoms with Crippen molar-refractivity contribution in [1.29, 1.82) is 0 Å². The minimum Gasteiger partial charge on any atom is -0.466 e. The zero-order chi connectivity index (χ0) is 21.4. The van der Waals surface area contributed by atoms with Gasteiger partial charge in [-0.1, -0.05) is 11.6 Å². The standard InChI is InChI=1S/C21H22ClN5O4.ClH/c22-19-16-6-12(5-13(16)1-4-24-19)8-23-3-2-15-10-27(21(29)31-15)14-7-17-20(25-9-14)30-11-18(28)26-17;/h1,4,7,9,12,15,23H,2-3,5-6,8,10-11H2,(H,26,28);1H. The van der Waals surface area contributed by atoms with Gasteiger partial charge in [-0.3, -0.25) is 9.69 Å². The van der Waals surface area contributed by atoms with Crippen molar-refractivity contribution in [3.8, 4) is 5.88 Å². The van der Waals surface area contributed by atoms with Gasteiger partial charge in [-0.05, 0) is 61.5 Å². The number of ether oxygens (including phenoxy) is 2. The van der Waals surface area contributed by atoms with E-state index >= 15 is 0 Å². The Bertz CT molecular complexity index is 1040. The molecule has 0 bridgehead atoms. The van der Waals surface area contributed by atoms with Gasteiger partial charge in [0.1, 0.15) is 16.9 Å². The van der Waals surface area contributed by atoms with Crippen LogP contribution in [0.5, 0.6) is 5.88 Å². The predicted octanol–water partition coefficient (Wildman–Crippen LogP) is 2.60. The third-order valence-electron chi connectivity index (χ3n) is 5.81. The quantitative estimate of drug-likeness (QED) is 0.484. The average Bonchev–Trinajstić information content (AvgIpc) is 3.34. The zero-order valence-corrected chi connectivity index (χ0v) is 18.7. The van der Waals surface area contributed by atoms with E-state index in [-0.39, 0.29) is 31.0 Å². The zero-order valence-electron chi connectivity index (χ0n) is 17.2. The minimum absolute atomic E-state index is 0. The van der Waals surface area contributed by atoms with Crippen molar-refractivity contribution < 1.29 is 19.1 Å². The summed E-state index contributed by atoms with van der Waals surface area (Å²) in [5.74, 6) is 0.601. The largest absolute Gasteiger partial charge is 0.466 e. The molecule has 32 heavy (non-hydrogen) atoms. The monoisotopic (exact) mass is 479 g/mol. The molecular weight excluding hydrogens is 457 g/mol. The van der Waals surface area contributed by atoms with Gasteiger partial charge in [0.05, 0.1) is 18.4 Å². The van der Waals surface area contributed by atoms with Crippen LogP contribution >= 0.6 is 24.0 Å². The first-order valence-corrected chi connectivity index (χ1v) is 10.7. The second-order valence-electron chi connectivity index (χ2n) is 8.01. The molecule has 0 spiro atoms. The Morgan fingerprint density at radius 3 is 3.00 bits per heavy atom. The highest BCUT2D eigenvalue weighted by Crippen LogP contribution is 2.32. The number of hydrogen-bond acceptors (Lipinski definition) is 7. The summed E-state index contributed by atoms with van der Waals surface area (Å²) in [6.07, 6.45) is 5.34. The number of aromatic nitrogens is 2. The van der Waals surface area contributed by atoms with E-state index < -0.39 is 6.09 Å². The molecule has 5 rings (SSSR count). The fourth-order valence-electron chi connectivity index (χ4n) is 4.29. The smallest absolute Gasteiger partial charge is 0.414 e. The molecule has 4 heterocycles. The molecular formula is C21H23Cl2N5O4. The maximum Gasteiger partial charge on any atom is 0.414 e. The molecule has 1 saturated heterocycles. The van der Waals surface area contributed by atoms with Gasteiger partial charge in [-0.2, -0.15) is 0 Å². The fraction of sp³-hybridized carbons (Fsp3) is 0.429. The molecule has 11 heteroatoms. The molecule has 2 aromatic heterocycles. The lowest BCUT2D eigenvalue weighted by molar-refractivity contribution is -0.118. The summed E-state index contributed by atoms with van der Waals surface area (Å²) in [4.78, 5) is 33.7. The Balaban J connectivity index is 0.00000245. The van der Waals surface area contributed by atoms with Gasteiger partial charge in [0, 0.05) is 6.20 Å². The van der Waals surface area contributed by atoms with Crippen molar-refractivity contribution in [2.45, 2.75) is 25.4 Å². The number of cyclic esters (lactones) is 1. The van der Waals surface area contributed by atoms with Crippen LogP contribution in [0.25, 0.3) is 0 Å². The van der Waals surface area contributed by atoms with Crippen LogP contribution in [0.15, 0.2) is 24.5 Å².